The fourth-order valence-corrected chi connectivity index (χ4v) is 4.62. The van der Waals surface area contributed by atoms with Gasteiger partial charge in [-0.3, -0.25) is 4.90 Å². The summed E-state index contributed by atoms with van der Waals surface area (Å²) in [5, 5.41) is 0. The SMILES string of the molecule is CO[C@H]1CC2CN([C@@H](C)c3ccccc3)C1[C@@H]2Br. The molecule has 0 spiro atoms. The summed E-state index contributed by atoms with van der Waals surface area (Å²) in [6.45, 7) is 3.50. The Bertz CT molecular complexity index is 410. The zero-order chi connectivity index (χ0) is 12.7. The number of hydrogen-bond donors (Lipinski definition) is 0. The van der Waals surface area contributed by atoms with Crippen molar-refractivity contribution in [2.24, 2.45) is 5.92 Å². The quantitative estimate of drug-likeness (QED) is 0.795. The van der Waals surface area contributed by atoms with Crippen LogP contribution in [0.25, 0.3) is 0 Å². The maximum absolute atomic E-state index is 5.66. The molecule has 1 saturated heterocycles. The Morgan fingerprint density at radius 2 is 2.06 bits per heavy atom. The van der Waals surface area contributed by atoms with Crippen molar-refractivity contribution in [3.63, 3.8) is 0 Å². The highest BCUT2D eigenvalue weighted by Gasteiger charge is 2.52. The number of benzene rings is 1. The standard InChI is InChI=1S/C15H20BrNO/c1-10(11-6-4-3-5-7-11)17-9-12-8-13(18-2)15(17)14(12)16/h3-7,10,12-15H,8-9H2,1-2H3/t10-,12?,13-,14+,15?/m0/s1. The summed E-state index contributed by atoms with van der Waals surface area (Å²) in [6.07, 6.45) is 1.59. The van der Waals surface area contributed by atoms with E-state index in [0.717, 1.165) is 5.92 Å². The molecule has 2 unspecified atom stereocenters. The van der Waals surface area contributed by atoms with Gasteiger partial charge in [0.05, 0.1) is 6.10 Å². The topological polar surface area (TPSA) is 12.5 Å². The molecule has 1 aromatic carbocycles. The van der Waals surface area contributed by atoms with E-state index in [1.807, 2.05) is 7.11 Å². The Morgan fingerprint density at radius 1 is 1.33 bits per heavy atom. The van der Waals surface area contributed by atoms with Crippen LogP contribution in [-0.2, 0) is 4.74 Å². The monoisotopic (exact) mass is 309 g/mol. The van der Waals surface area contributed by atoms with Gasteiger partial charge in [0.15, 0.2) is 0 Å². The normalized spacial score (nSPS) is 37.1. The van der Waals surface area contributed by atoms with E-state index in [9.17, 15) is 0 Å². The largest absolute Gasteiger partial charge is 0.380 e. The molecule has 98 valence electrons. The second-order valence-corrected chi connectivity index (χ2v) is 6.55. The van der Waals surface area contributed by atoms with Crippen molar-refractivity contribution >= 4 is 15.9 Å². The Balaban J connectivity index is 1.82. The van der Waals surface area contributed by atoms with Crippen LogP contribution in [0.4, 0.5) is 0 Å². The fraction of sp³-hybridized carbons (Fsp3) is 0.600. The third-order valence-corrected chi connectivity index (χ3v) is 5.89. The minimum atomic E-state index is 0.388. The Labute approximate surface area is 117 Å². The van der Waals surface area contributed by atoms with Gasteiger partial charge in [-0.05, 0) is 24.8 Å². The van der Waals surface area contributed by atoms with Gasteiger partial charge in [-0.25, -0.2) is 0 Å². The molecule has 3 rings (SSSR count). The zero-order valence-electron chi connectivity index (χ0n) is 10.9. The number of ether oxygens (including phenoxy) is 1. The first-order valence-electron chi connectivity index (χ1n) is 6.70. The van der Waals surface area contributed by atoms with E-state index in [1.165, 1.54) is 18.5 Å². The maximum Gasteiger partial charge on any atom is 0.0741 e. The number of piperidine rings is 1. The summed E-state index contributed by atoms with van der Waals surface area (Å²) in [5.41, 5.74) is 1.40. The van der Waals surface area contributed by atoms with Gasteiger partial charge in [0, 0.05) is 30.6 Å². The van der Waals surface area contributed by atoms with Crippen LogP contribution in [0.15, 0.2) is 30.3 Å². The zero-order valence-corrected chi connectivity index (χ0v) is 12.5. The Morgan fingerprint density at radius 3 is 2.67 bits per heavy atom. The lowest BCUT2D eigenvalue weighted by molar-refractivity contribution is 0.00521. The van der Waals surface area contributed by atoms with Crippen LogP contribution < -0.4 is 0 Å². The van der Waals surface area contributed by atoms with Gasteiger partial charge in [0.2, 0.25) is 0 Å². The van der Waals surface area contributed by atoms with E-state index < -0.39 is 0 Å². The number of nitrogens with zero attached hydrogens (tertiary/aromatic N) is 1. The first-order valence-corrected chi connectivity index (χ1v) is 7.61. The van der Waals surface area contributed by atoms with Gasteiger partial charge < -0.3 is 4.74 Å². The number of methoxy groups -OCH3 is 1. The van der Waals surface area contributed by atoms with Gasteiger partial charge >= 0.3 is 0 Å². The van der Waals surface area contributed by atoms with Crippen LogP contribution in [0.5, 0.6) is 0 Å². The van der Waals surface area contributed by atoms with Gasteiger partial charge in [-0.15, -0.1) is 0 Å². The number of fused-ring (bicyclic) bond motifs is 2. The average Bonchev–Trinajstić information content (AvgIpc) is 2.91. The van der Waals surface area contributed by atoms with Gasteiger partial charge in [-0.1, -0.05) is 46.3 Å². The predicted molar refractivity (Wildman–Crippen MR) is 77.0 cm³/mol. The molecule has 5 atom stereocenters. The second kappa shape index (κ2) is 4.95. The second-order valence-electron chi connectivity index (χ2n) is 5.49. The molecule has 1 saturated carbocycles. The molecule has 2 nitrogen and oxygen atoms in total. The predicted octanol–water partition coefficient (Wildman–Crippen LogP) is 3.23. The lowest BCUT2D eigenvalue weighted by Gasteiger charge is -2.37. The lowest BCUT2D eigenvalue weighted by atomic mass is 10.0. The summed E-state index contributed by atoms with van der Waals surface area (Å²) in [4.78, 5) is 3.20. The molecule has 1 aromatic rings. The molecule has 0 amide bonds. The van der Waals surface area contributed by atoms with E-state index in [0.29, 0.717) is 23.0 Å². The van der Waals surface area contributed by atoms with Crippen molar-refractivity contribution in [1.82, 2.24) is 4.90 Å². The van der Waals surface area contributed by atoms with Crippen molar-refractivity contribution in [2.75, 3.05) is 13.7 Å². The number of hydrogen-bond acceptors (Lipinski definition) is 2. The Hall–Kier alpha value is -0.380. The molecule has 2 fully saturated rings. The van der Waals surface area contributed by atoms with Crippen molar-refractivity contribution in [3.05, 3.63) is 35.9 Å². The summed E-state index contributed by atoms with van der Waals surface area (Å²) in [6, 6.07) is 11.8. The third kappa shape index (κ3) is 1.93. The van der Waals surface area contributed by atoms with Gasteiger partial charge in [0.1, 0.15) is 0 Å². The molecular weight excluding hydrogens is 290 g/mol. The molecule has 3 heteroatoms. The molecule has 2 bridgehead atoms. The smallest absolute Gasteiger partial charge is 0.0741 e. The molecule has 2 aliphatic rings. The first-order chi connectivity index (χ1) is 8.72. The molecule has 1 heterocycles. The number of likely N-dealkylation sites (tertiary alicyclic amines) is 1. The van der Waals surface area contributed by atoms with E-state index in [1.54, 1.807) is 0 Å². The highest BCUT2D eigenvalue weighted by Crippen LogP contribution is 2.46. The Kier molecular flexibility index (Phi) is 3.48. The summed E-state index contributed by atoms with van der Waals surface area (Å²) >= 11 is 3.87. The molecular formula is C15H20BrNO. The summed E-state index contributed by atoms with van der Waals surface area (Å²) in [5.74, 6) is 0.742. The van der Waals surface area contributed by atoms with Crippen LogP contribution in [0, 0.1) is 5.92 Å². The molecule has 18 heavy (non-hydrogen) atoms. The van der Waals surface area contributed by atoms with Crippen molar-refractivity contribution < 1.29 is 4.74 Å². The van der Waals surface area contributed by atoms with Crippen molar-refractivity contribution in [2.45, 2.75) is 36.4 Å². The average molecular weight is 310 g/mol. The van der Waals surface area contributed by atoms with Crippen LogP contribution in [-0.4, -0.2) is 35.5 Å². The summed E-state index contributed by atoms with van der Waals surface area (Å²) < 4.78 is 5.66. The van der Waals surface area contributed by atoms with E-state index in [2.05, 4.69) is 58.1 Å². The molecule has 1 aliphatic carbocycles. The van der Waals surface area contributed by atoms with Crippen LogP contribution >= 0.6 is 15.9 Å². The molecule has 0 aromatic heterocycles. The van der Waals surface area contributed by atoms with E-state index >= 15 is 0 Å². The van der Waals surface area contributed by atoms with E-state index in [4.69, 9.17) is 4.74 Å². The van der Waals surface area contributed by atoms with Crippen molar-refractivity contribution in [3.8, 4) is 0 Å². The highest BCUT2D eigenvalue weighted by atomic mass is 79.9. The van der Waals surface area contributed by atoms with Crippen LogP contribution in [0.2, 0.25) is 0 Å². The molecule has 0 radical (unpaired) electrons. The van der Waals surface area contributed by atoms with Gasteiger partial charge in [0.25, 0.3) is 0 Å². The number of rotatable bonds is 3. The molecule has 0 N–H and O–H groups in total. The first kappa shape index (κ1) is 12.6. The maximum atomic E-state index is 5.66. The number of halogens is 1. The van der Waals surface area contributed by atoms with E-state index in [-0.39, 0.29) is 0 Å². The highest BCUT2D eigenvalue weighted by molar-refractivity contribution is 9.09. The van der Waals surface area contributed by atoms with Crippen LogP contribution in [0.3, 0.4) is 0 Å². The minimum absolute atomic E-state index is 0.388. The molecule has 1 aliphatic heterocycles. The van der Waals surface area contributed by atoms with Gasteiger partial charge in [-0.2, -0.15) is 0 Å². The lowest BCUT2D eigenvalue weighted by Crippen LogP contribution is -2.44. The number of alkyl halides is 1. The minimum Gasteiger partial charge on any atom is -0.380 e. The third-order valence-electron chi connectivity index (χ3n) is 4.60. The fourth-order valence-electron chi connectivity index (χ4n) is 3.59. The summed E-state index contributed by atoms with van der Waals surface area (Å²) in [7, 11) is 1.84. The van der Waals surface area contributed by atoms with Crippen molar-refractivity contribution in [1.29, 1.82) is 0 Å². The van der Waals surface area contributed by atoms with Crippen LogP contribution in [0.1, 0.15) is 24.9 Å².